The van der Waals surface area contributed by atoms with Crippen LogP contribution >= 0.6 is 11.8 Å². The van der Waals surface area contributed by atoms with Crippen molar-refractivity contribution in [2.75, 3.05) is 0 Å². The van der Waals surface area contributed by atoms with Gasteiger partial charge in [-0.1, -0.05) is 49.0 Å². The minimum Gasteiger partial charge on any atom is -0.491 e. The Labute approximate surface area is 147 Å². The zero-order chi connectivity index (χ0) is 17.2. The second-order valence-corrected chi connectivity index (χ2v) is 6.36. The molecule has 1 unspecified atom stereocenters. The van der Waals surface area contributed by atoms with Crippen LogP contribution in [0.5, 0.6) is 5.75 Å². The van der Waals surface area contributed by atoms with Crippen LogP contribution in [0.25, 0.3) is 0 Å². The Hall–Kier alpha value is -2.27. The van der Waals surface area contributed by atoms with Crippen LogP contribution in [-0.2, 0) is 5.75 Å². The number of hydrogen-bond acceptors (Lipinski definition) is 4. The third-order valence-corrected chi connectivity index (χ3v) is 4.24. The molecule has 24 heavy (non-hydrogen) atoms. The lowest BCUT2D eigenvalue weighted by atomic mass is 10.2. The highest BCUT2D eigenvalue weighted by atomic mass is 32.2. The van der Waals surface area contributed by atoms with Gasteiger partial charge in [0.15, 0.2) is 5.17 Å². The first-order valence-corrected chi connectivity index (χ1v) is 8.96. The van der Waals surface area contributed by atoms with Gasteiger partial charge in [-0.3, -0.25) is 0 Å². The molecule has 5 heteroatoms. The molecule has 0 saturated carbocycles. The minimum atomic E-state index is 0.218. The van der Waals surface area contributed by atoms with Gasteiger partial charge in [0.05, 0.1) is 12.3 Å². The number of benzene rings is 2. The normalized spacial score (nSPS) is 13.2. The van der Waals surface area contributed by atoms with Gasteiger partial charge in [-0.2, -0.15) is 5.10 Å². The Kier molecular flexibility index (Phi) is 7.36. The Morgan fingerprint density at radius 3 is 2.54 bits per heavy atom. The minimum absolute atomic E-state index is 0.218. The maximum atomic E-state index is 5.86. The van der Waals surface area contributed by atoms with Crippen LogP contribution in [-0.4, -0.2) is 17.5 Å². The second-order valence-electron chi connectivity index (χ2n) is 5.36. The molecule has 2 rings (SSSR count). The van der Waals surface area contributed by atoms with E-state index in [1.807, 2.05) is 42.5 Å². The molecule has 0 aliphatic rings. The SMILES string of the molecule is CCC(C)Oc1ccc(C=NN=C(N)SCc2ccccc2)cc1. The van der Waals surface area contributed by atoms with Crippen molar-refractivity contribution in [3.63, 3.8) is 0 Å². The van der Waals surface area contributed by atoms with E-state index in [2.05, 4.69) is 36.2 Å². The summed E-state index contributed by atoms with van der Waals surface area (Å²) in [6.07, 6.45) is 2.89. The summed E-state index contributed by atoms with van der Waals surface area (Å²) in [6.45, 7) is 4.16. The predicted molar refractivity (Wildman–Crippen MR) is 104 cm³/mol. The second kappa shape index (κ2) is 9.78. The average molecular weight is 341 g/mol. The Morgan fingerprint density at radius 1 is 1.17 bits per heavy atom. The monoisotopic (exact) mass is 341 g/mol. The molecule has 0 aliphatic heterocycles. The molecule has 0 fully saturated rings. The predicted octanol–water partition coefficient (Wildman–Crippen LogP) is 4.45. The highest BCUT2D eigenvalue weighted by Gasteiger charge is 2.00. The molecule has 0 saturated heterocycles. The van der Waals surface area contributed by atoms with Crippen molar-refractivity contribution in [3.8, 4) is 5.75 Å². The van der Waals surface area contributed by atoms with Gasteiger partial charge in [0.25, 0.3) is 0 Å². The summed E-state index contributed by atoms with van der Waals surface area (Å²) in [4.78, 5) is 0. The van der Waals surface area contributed by atoms with Crippen molar-refractivity contribution in [2.45, 2.75) is 32.1 Å². The standard InChI is InChI=1S/C19H23N3OS/c1-3-15(2)23-18-11-9-16(10-12-18)13-21-22-19(20)24-14-17-7-5-4-6-8-17/h4-13,15H,3,14H2,1-2H3,(H2,20,22). The third kappa shape index (κ3) is 6.46. The van der Waals surface area contributed by atoms with Crippen LogP contribution in [0.2, 0.25) is 0 Å². The van der Waals surface area contributed by atoms with E-state index in [-0.39, 0.29) is 6.10 Å². The molecule has 0 amide bonds. The molecule has 2 aromatic rings. The summed E-state index contributed by atoms with van der Waals surface area (Å²) >= 11 is 1.47. The third-order valence-electron chi connectivity index (χ3n) is 3.38. The number of ether oxygens (including phenoxy) is 1. The summed E-state index contributed by atoms with van der Waals surface area (Å²) in [5.74, 6) is 1.65. The molecule has 2 aromatic carbocycles. The maximum Gasteiger partial charge on any atom is 0.180 e. The lowest BCUT2D eigenvalue weighted by molar-refractivity contribution is 0.217. The van der Waals surface area contributed by atoms with E-state index in [1.54, 1.807) is 6.21 Å². The zero-order valence-electron chi connectivity index (χ0n) is 14.1. The fraction of sp³-hybridized carbons (Fsp3) is 0.263. The first-order chi connectivity index (χ1) is 11.7. The molecule has 0 aromatic heterocycles. The zero-order valence-corrected chi connectivity index (χ0v) is 14.9. The first-order valence-electron chi connectivity index (χ1n) is 7.97. The Balaban J connectivity index is 1.83. The van der Waals surface area contributed by atoms with Gasteiger partial charge in [-0.25, -0.2) is 0 Å². The van der Waals surface area contributed by atoms with Crippen molar-refractivity contribution in [3.05, 3.63) is 65.7 Å². The number of nitrogens with two attached hydrogens (primary N) is 1. The van der Waals surface area contributed by atoms with Gasteiger partial charge >= 0.3 is 0 Å². The van der Waals surface area contributed by atoms with Gasteiger partial charge in [-0.05, 0) is 48.7 Å². The van der Waals surface area contributed by atoms with Gasteiger partial charge < -0.3 is 10.5 Å². The van der Waals surface area contributed by atoms with E-state index in [1.165, 1.54) is 17.3 Å². The molecule has 1 atom stereocenters. The molecule has 0 spiro atoms. The fourth-order valence-corrected chi connectivity index (χ4v) is 2.47. The molecular weight excluding hydrogens is 318 g/mol. The van der Waals surface area contributed by atoms with E-state index in [0.29, 0.717) is 5.17 Å². The van der Waals surface area contributed by atoms with Crippen molar-refractivity contribution in [2.24, 2.45) is 15.9 Å². The topological polar surface area (TPSA) is 60.0 Å². The summed E-state index contributed by atoms with van der Waals surface area (Å²) in [7, 11) is 0. The summed E-state index contributed by atoms with van der Waals surface area (Å²) in [6, 6.07) is 17.9. The molecule has 0 bridgehead atoms. The van der Waals surface area contributed by atoms with Crippen LogP contribution in [0.4, 0.5) is 0 Å². The Bertz CT molecular complexity index is 669. The van der Waals surface area contributed by atoms with Crippen LogP contribution in [0.3, 0.4) is 0 Å². The van der Waals surface area contributed by atoms with Crippen molar-refractivity contribution in [1.29, 1.82) is 0 Å². The van der Waals surface area contributed by atoms with Gasteiger partial charge in [0, 0.05) is 5.75 Å². The number of hydrogen-bond donors (Lipinski definition) is 1. The van der Waals surface area contributed by atoms with Crippen LogP contribution < -0.4 is 10.5 Å². The largest absolute Gasteiger partial charge is 0.491 e. The number of rotatable bonds is 7. The quantitative estimate of drug-likeness (QED) is 0.460. The smallest absolute Gasteiger partial charge is 0.180 e. The number of amidine groups is 1. The lowest BCUT2D eigenvalue weighted by Crippen LogP contribution is -2.09. The molecule has 0 aliphatic carbocycles. The molecule has 4 nitrogen and oxygen atoms in total. The van der Waals surface area contributed by atoms with Gasteiger partial charge in [-0.15, -0.1) is 5.10 Å². The highest BCUT2D eigenvalue weighted by molar-refractivity contribution is 8.13. The van der Waals surface area contributed by atoms with E-state index in [0.717, 1.165) is 23.5 Å². The number of nitrogens with zero attached hydrogens (tertiary/aromatic N) is 2. The van der Waals surface area contributed by atoms with E-state index in [4.69, 9.17) is 10.5 Å². The van der Waals surface area contributed by atoms with E-state index in [9.17, 15) is 0 Å². The van der Waals surface area contributed by atoms with E-state index >= 15 is 0 Å². The molecule has 0 heterocycles. The summed E-state index contributed by atoms with van der Waals surface area (Å²) < 4.78 is 5.74. The molecule has 2 N–H and O–H groups in total. The summed E-state index contributed by atoms with van der Waals surface area (Å²) in [5.41, 5.74) is 8.02. The van der Waals surface area contributed by atoms with Crippen molar-refractivity contribution >= 4 is 23.1 Å². The van der Waals surface area contributed by atoms with Crippen molar-refractivity contribution < 1.29 is 4.74 Å². The summed E-state index contributed by atoms with van der Waals surface area (Å²) in [5, 5.41) is 8.50. The lowest BCUT2D eigenvalue weighted by Gasteiger charge is -2.12. The average Bonchev–Trinajstić information content (AvgIpc) is 2.62. The first kappa shape index (κ1) is 18.1. The van der Waals surface area contributed by atoms with Crippen molar-refractivity contribution in [1.82, 2.24) is 0 Å². The fourth-order valence-electron chi connectivity index (χ4n) is 1.86. The van der Waals surface area contributed by atoms with Crippen LogP contribution in [0.1, 0.15) is 31.4 Å². The molecule has 0 radical (unpaired) electrons. The van der Waals surface area contributed by atoms with Gasteiger partial charge in [0.1, 0.15) is 5.75 Å². The van der Waals surface area contributed by atoms with Crippen LogP contribution in [0.15, 0.2) is 64.8 Å². The van der Waals surface area contributed by atoms with E-state index < -0.39 is 0 Å². The van der Waals surface area contributed by atoms with Gasteiger partial charge in [0.2, 0.25) is 0 Å². The molecule has 126 valence electrons. The number of thioether (sulfide) groups is 1. The Morgan fingerprint density at radius 2 is 1.88 bits per heavy atom. The maximum absolute atomic E-state index is 5.86. The molecular formula is C19H23N3OS. The highest BCUT2D eigenvalue weighted by Crippen LogP contribution is 2.14. The van der Waals surface area contributed by atoms with Crippen LogP contribution in [0, 0.1) is 0 Å².